The molecule has 0 bridgehead atoms. The molecule has 0 fully saturated rings. The Labute approximate surface area is 151 Å². The number of hydrogen-bond acceptors (Lipinski definition) is 2. The van der Waals surface area contributed by atoms with Gasteiger partial charge in [0.05, 0.1) is 6.61 Å². The van der Waals surface area contributed by atoms with Crippen molar-refractivity contribution in [1.29, 1.82) is 0 Å². The third kappa shape index (κ3) is 16.1. The van der Waals surface area contributed by atoms with E-state index in [4.69, 9.17) is 4.74 Å². The summed E-state index contributed by atoms with van der Waals surface area (Å²) in [5.41, 5.74) is 0.491. The standard InChI is InChI=1S/C22H42O2/c1-5-6-7-11-14-17-21(4)18-15-12-9-8-10-13-16-19-24-22(23)20(2)3/h21H,2,5-19H2,1,3-4H3. The van der Waals surface area contributed by atoms with Crippen molar-refractivity contribution in [1.82, 2.24) is 0 Å². The lowest BCUT2D eigenvalue weighted by Crippen LogP contribution is -2.05. The Kier molecular flexibility index (Phi) is 16.5. The van der Waals surface area contributed by atoms with Crippen LogP contribution in [0.5, 0.6) is 0 Å². The molecule has 0 amide bonds. The molecular formula is C22H42O2. The Morgan fingerprint density at radius 3 is 1.79 bits per heavy atom. The van der Waals surface area contributed by atoms with Crippen molar-refractivity contribution in [3.8, 4) is 0 Å². The van der Waals surface area contributed by atoms with E-state index >= 15 is 0 Å². The Morgan fingerprint density at radius 2 is 1.29 bits per heavy atom. The van der Waals surface area contributed by atoms with Gasteiger partial charge in [0.2, 0.25) is 0 Å². The first-order chi connectivity index (χ1) is 11.6. The van der Waals surface area contributed by atoms with Crippen LogP contribution in [-0.4, -0.2) is 12.6 Å². The molecule has 0 aromatic heterocycles. The largest absolute Gasteiger partial charge is 0.462 e. The molecule has 2 nitrogen and oxygen atoms in total. The summed E-state index contributed by atoms with van der Waals surface area (Å²) in [5, 5.41) is 0. The zero-order valence-corrected chi connectivity index (χ0v) is 16.7. The zero-order chi connectivity index (χ0) is 18.0. The quantitative estimate of drug-likeness (QED) is 0.159. The van der Waals surface area contributed by atoms with Gasteiger partial charge in [-0.05, 0) is 19.3 Å². The van der Waals surface area contributed by atoms with Crippen LogP contribution in [0.2, 0.25) is 0 Å². The number of carbonyl (C=O) groups is 1. The molecule has 1 atom stereocenters. The lowest BCUT2D eigenvalue weighted by Gasteiger charge is -2.11. The molecule has 0 aliphatic heterocycles. The Morgan fingerprint density at radius 1 is 0.833 bits per heavy atom. The molecule has 142 valence electrons. The Bertz CT molecular complexity index is 309. The summed E-state index contributed by atoms with van der Waals surface area (Å²) in [5.74, 6) is 0.657. The first-order valence-electron chi connectivity index (χ1n) is 10.4. The molecule has 0 radical (unpaired) electrons. The van der Waals surface area contributed by atoms with Gasteiger partial charge >= 0.3 is 5.97 Å². The van der Waals surface area contributed by atoms with Crippen molar-refractivity contribution in [3.05, 3.63) is 12.2 Å². The van der Waals surface area contributed by atoms with Crippen LogP contribution in [0.4, 0.5) is 0 Å². The fraction of sp³-hybridized carbons (Fsp3) is 0.864. The van der Waals surface area contributed by atoms with Gasteiger partial charge < -0.3 is 4.74 Å². The predicted octanol–water partition coefficient (Wildman–Crippen LogP) is 7.22. The van der Waals surface area contributed by atoms with Gasteiger partial charge in [0.15, 0.2) is 0 Å². The van der Waals surface area contributed by atoms with Gasteiger partial charge in [-0.15, -0.1) is 0 Å². The summed E-state index contributed by atoms with van der Waals surface area (Å²) in [6, 6.07) is 0. The first-order valence-corrected chi connectivity index (χ1v) is 10.4. The van der Waals surface area contributed by atoms with Crippen molar-refractivity contribution < 1.29 is 9.53 Å². The van der Waals surface area contributed by atoms with Crippen LogP contribution in [0.3, 0.4) is 0 Å². The van der Waals surface area contributed by atoms with E-state index in [1.165, 1.54) is 77.0 Å². The fourth-order valence-corrected chi connectivity index (χ4v) is 3.01. The minimum Gasteiger partial charge on any atom is -0.462 e. The molecule has 0 saturated heterocycles. The van der Waals surface area contributed by atoms with E-state index < -0.39 is 0 Å². The third-order valence-corrected chi connectivity index (χ3v) is 4.72. The van der Waals surface area contributed by atoms with Crippen molar-refractivity contribution in [2.75, 3.05) is 6.61 Å². The molecule has 1 unspecified atom stereocenters. The van der Waals surface area contributed by atoms with Crippen LogP contribution in [0.25, 0.3) is 0 Å². The molecule has 0 spiro atoms. The molecule has 2 heteroatoms. The second-order valence-electron chi connectivity index (χ2n) is 7.49. The van der Waals surface area contributed by atoms with E-state index in [1.54, 1.807) is 6.92 Å². The summed E-state index contributed by atoms with van der Waals surface area (Å²) in [6.45, 7) is 10.5. The van der Waals surface area contributed by atoms with Crippen LogP contribution >= 0.6 is 0 Å². The molecule has 0 aromatic rings. The van der Waals surface area contributed by atoms with Crippen LogP contribution in [-0.2, 0) is 9.53 Å². The molecular weight excluding hydrogens is 296 g/mol. The van der Waals surface area contributed by atoms with Crippen LogP contribution < -0.4 is 0 Å². The van der Waals surface area contributed by atoms with Gasteiger partial charge in [0.25, 0.3) is 0 Å². The topological polar surface area (TPSA) is 26.3 Å². The van der Waals surface area contributed by atoms with Gasteiger partial charge in [-0.3, -0.25) is 0 Å². The SMILES string of the molecule is C=C(C)C(=O)OCCCCCCCCCC(C)CCCCCCC. The van der Waals surface area contributed by atoms with Crippen LogP contribution in [0.15, 0.2) is 12.2 Å². The van der Waals surface area contributed by atoms with Gasteiger partial charge in [0, 0.05) is 5.57 Å². The zero-order valence-electron chi connectivity index (χ0n) is 16.7. The maximum absolute atomic E-state index is 11.2. The lowest BCUT2D eigenvalue weighted by atomic mass is 9.96. The highest BCUT2D eigenvalue weighted by atomic mass is 16.5. The summed E-state index contributed by atoms with van der Waals surface area (Å²) in [7, 11) is 0. The summed E-state index contributed by atoms with van der Waals surface area (Å²) in [6.07, 6.45) is 18.7. The number of hydrogen-bond donors (Lipinski definition) is 0. The molecule has 0 rings (SSSR count). The maximum Gasteiger partial charge on any atom is 0.333 e. The molecule has 0 saturated carbocycles. The predicted molar refractivity (Wildman–Crippen MR) is 105 cm³/mol. The average Bonchev–Trinajstić information content (AvgIpc) is 2.56. The smallest absolute Gasteiger partial charge is 0.333 e. The van der Waals surface area contributed by atoms with Crippen molar-refractivity contribution in [2.24, 2.45) is 5.92 Å². The van der Waals surface area contributed by atoms with E-state index in [9.17, 15) is 4.79 Å². The van der Waals surface area contributed by atoms with E-state index in [2.05, 4.69) is 20.4 Å². The van der Waals surface area contributed by atoms with Gasteiger partial charge in [-0.25, -0.2) is 4.79 Å². The molecule has 0 aliphatic rings. The first kappa shape index (κ1) is 23.2. The number of unbranched alkanes of at least 4 members (excludes halogenated alkanes) is 10. The van der Waals surface area contributed by atoms with E-state index in [0.717, 1.165) is 18.8 Å². The fourth-order valence-electron chi connectivity index (χ4n) is 3.01. The minimum absolute atomic E-state index is 0.255. The highest BCUT2D eigenvalue weighted by Crippen LogP contribution is 2.18. The van der Waals surface area contributed by atoms with Gasteiger partial charge in [-0.1, -0.05) is 104 Å². The normalized spacial score (nSPS) is 12.1. The number of esters is 1. The van der Waals surface area contributed by atoms with Crippen molar-refractivity contribution in [2.45, 2.75) is 111 Å². The summed E-state index contributed by atoms with van der Waals surface area (Å²) in [4.78, 5) is 11.2. The number of carbonyl (C=O) groups excluding carboxylic acids is 1. The average molecular weight is 339 g/mol. The highest BCUT2D eigenvalue weighted by Gasteiger charge is 2.03. The number of rotatable bonds is 17. The van der Waals surface area contributed by atoms with Gasteiger partial charge in [0.1, 0.15) is 0 Å². The highest BCUT2D eigenvalue weighted by molar-refractivity contribution is 5.86. The second kappa shape index (κ2) is 17.0. The molecule has 0 aromatic carbocycles. The third-order valence-electron chi connectivity index (χ3n) is 4.72. The van der Waals surface area contributed by atoms with Crippen molar-refractivity contribution >= 4 is 5.97 Å². The van der Waals surface area contributed by atoms with Crippen molar-refractivity contribution in [3.63, 3.8) is 0 Å². The Balaban J connectivity index is 3.21. The molecule has 0 N–H and O–H groups in total. The van der Waals surface area contributed by atoms with E-state index in [0.29, 0.717) is 12.2 Å². The monoisotopic (exact) mass is 338 g/mol. The Hall–Kier alpha value is -0.790. The van der Waals surface area contributed by atoms with Gasteiger partial charge in [-0.2, -0.15) is 0 Å². The van der Waals surface area contributed by atoms with Crippen LogP contribution in [0.1, 0.15) is 111 Å². The maximum atomic E-state index is 11.2. The summed E-state index contributed by atoms with van der Waals surface area (Å²) < 4.78 is 5.09. The molecule has 0 aliphatic carbocycles. The summed E-state index contributed by atoms with van der Waals surface area (Å²) >= 11 is 0. The second-order valence-corrected chi connectivity index (χ2v) is 7.49. The van der Waals surface area contributed by atoms with E-state index in [-0.39, 0.29) is 5.97 Å². The molecule has 0 heterocycles. The minimum atomic E-state index is -0.255. The molecule has 24 heavy (non-hydrogen) atoms. The van der Waals surface area contributed by atoms with E-state index in [1.807, 2.05) is 0 Å². The number of ether oxygens (including phenoxy) is 1. The van der Waals surface area contributed by atoms with Crippen LogP contribution in [0, 0.1) is 5.92 Å². The lowest BCUT2D eigenvalue weighted by molar-refractivity contribution is -0.139.